The summed E-state index contributed by atoms with van der Waals surface area (Å²) in [6, 6.07) is 13.0. The Balaban J connectivity index is 1.53. The molecule has 2 aliphatic heterocycles. The van der Waals surface area contributed by atoms with Gasteiger partial charge in [-0.05, 0) is 31.1 Å². The normalized spacial score (nSPS) is 34.5. The molecule has 3 heterocycles. The molecule has 3 fully saturated rings. The van der Waals surface area contributed by atoms with Crippen LogP contribution in [-0.4, -0.2) is 46.9 Å². The van der Waals surface area contributed by atoms with Gasteiger partial charge in [0, 0.05) is 35.1 Å². The van der Waals surface area contributed by atoms with Gasteiger partial charge in [-0.25, -0.2) is 8.78 Å². The number of cyclic esters (lactones) is 1. The van der Waals surface area contributed by atoms with Crippen molar-refractivity contribution in [2.45, 2.75) is 44.8 Å². The Bertz CT molecular complexity index is 1270. The van der Waals surface area contributed by atoms with Crippen molar-refractivity contribution in [3.63, 3.8) is 0 Å². The molecule has 0 spiro atoms. The molecule has 1 aromatic heterocycles. The summed E-state index contributed by atoms with van der Waals surface area (Å²) in [5, 5.41) is 20.7. The zero-order chi connectivity index (χ0) is 25.9. The molecule has 5 unspecified atom stereocenters. The van der Waals surface area contributed by atoms with Crippen molar-refractivity contribution >= 4 is 12.0 Å². The van der Waals surface area contributed by atoms with Crippen molar-refractivity contribution in [1.29, 1.82) is 5.26 Å². The lowest BCUT2D eigenvalue weighted by atomic mass is 9.43. The van der Waals surface area contributed by atoms with Crippen LogP contribution < -0.4 is 0 Å². The highest BCUT2D eigenvalue weighted by Gasteiger charge is 2.81. The van der Waals surface area contributed by atoms with E-state index in [1.165, 1.54) is 6.92 Å². The van der Waals surface area contributed by atoms with Gasteiger partial charge in [0.25, 0.3) is 5.92 Å². The molecule has 2 aromatic rings. The van der Waals surface area contributed by atoms with Crippen LogP contribution in [0.3, 0.4) is 0 Å². The van der Waals surface area contributed by atoms with Crippen LogP contribution in [-0.2, 0) is 14.3 Å². The number of nitrogens with zero attached hydrogens (tertiary/aromatic N) is 2. The predicted octanol–water partition coefficient (Wildman–Crippen LogP) is 4.62. The van der Waals surface area contributed by atoms with Gasteiger partial charge in [0.15, 0.2) is 0 Å². The monoisotopic (exact) mass is 494 g/mol. The van der Waals surface area contributed by atoms with Gasteiger partial charge in [-0.3, -0.25) is 9.78 Å². The Kier molecular flexibility index (Phi) is 5.58. The number of allylic oxidation sites excluding steroid dienone is 1. The number of esters is 1. The summed E-state index contributed by atoms with van der Waals surface area (Å²) in [7, 11) is 0. The molecule has 1 saturated carbocycles. The number of ether oxygens (including phenoxy) is 2. The highest BCUT2D eigenvalue weighted by Crippen LogP contribution is 2.70. The first-order valence-corrected chi connectivity index (χ1v) is 12.0. The molecule has 5 rings (SSSR count). The number of halogens is 2. The van der Waals surface area contributed by atoms with Crippen LogP contribution in [0.4, 0.5) is 8.78 Å². The lowest BCUT2D eigenvalue weighted by molar-refractivity contribution is -0.300. The zero-order valence-electron chi connectivity index (χ0n) is 20.4. The van der Waals surface area contributed by atoms with E-state index in [2.05, 4.69) is 11.1 Å². The quantitative estimate of drug-likeness (QED) is 0.624. The molecule has 188 valence electrons. The first-order valence-electron chi connectivity index (χ1n) is 12.0. The third-order valence-electron chi connectivity index (χ3n) is 8.89. The summed E-state index contributed by atoms with van der Waals surface area (Å²) in [5.74, 6) is -5.88. The van der Waals surface area contributed by atoms with Crippen LogP contribution in [0, 0.1) is 34.0 Å². The Hall–Kier alpha value is -3.15. The molecule has 5 atom stereocenters. The number of rotatable bonds is 4. The van der Waals surface area contributed by atoms with Crippen LogP contribution >= 0.6 is 0 Å². The molecule has 1 aromatic carbocycles. The van der Waals surface area contributed by atoms with Crippen molar-refractivity contribution in [3.05, 3.63) is 59.9 Å². The van der Waals surface area contributed by atoms with Crippen molar-refractivity contribution < 1.29 is 28.2 Å². The van der Waals surface area contributed by atoms with Gasteiger partial charge in [-0.2, -0.15) is 5.26 Å². The molecule has 3 aliphatic rings. The number of nitriles is 1. The molecule has 8 heteroatoms. The second-order valence-corrected chi connectivity index (χ2v) is 10.5. The second-order valence-electron chi connectivity index (χ2n) is 10.5. The minimum atomic E-state index is -3.21. The first kappa shape index (κ1) is 24.5. The molecule has 6 nitrogen and oxygen atoms in total. The zero-order valence-corrected chi connectivity index (χ0v) is 20.4. The van der Waals surface area contributed by atoms with Gasteiger partial charge < -0.3 is 14.6 Å². The maximum Gasteiger partial charge on any atom is 0.316 e. The molecule has 0 amide bonds. The van der Waals surface area contributed by atoms with Crippen LogP contribution in [0.5, 0.6) is 0 Å². The van der Waals surface area contributed by atoms with E-state index in [-0.39, 0.29) is 13.2 Å². The summed E-state index contributed by atoms with van der Waals surface area (Å²) in [5.41, 5.74) is -1.99. The summed E-state index contributed by atoms with van der Waals surface area (Å²) in [6.45, 7) is 4.60. The van der Waals surface area contributed by atoms with E-state index in [0.29, 0.717) is 11.3 Å². The lowest BCUT2D eigenvalue weighted by Crippen LogP contribution is -2.74. The van der Waals surface area contributed by atoms with E-state index < -0.39 is 52.7 Å². The van der Waals surface area contributed by atoms with Crippen LogP contribution in [0.25, 0.3) is 17.2 Å². The predicted molar refractivity (Wildman–Crippen MR) is 128 cm³/mol. The molecular formula is C28H28F2N2O4. The molecule has 0 radical (unpaired) electrons. The van der Waals surface area contributed by atoms with E-state index in [4.69, 9.17) is 9.47 Å². The third kappa shape index (κ3) is 3.19. The van der Waals surface area contributed by atoms with Crippen molar-refractivity contribution in [1.82, 2.24) is 4.98 Å². The number of pyridine rings is 1. The van der Waals surface area contributed by atoms with Gasteiger partial charge in [0.05, 0.1) is 30.5 Å². The average molecular weight is 495 g/mol. The summed E-state index contributed by atoms with van der Waals surface area (Å²) < 4.78 is 41.8. The molecule has 1 aliphatic carbocycles. The SMILES string of the molecule is CC1C(C=Cc2ccc(-c3ccccc3C#N)cn2)C2(C)C(C)OC(=O)C2(C2(O)COC2)CC1(F)F. The number of alkyl halides is 2. The fourth-order valence-electron chi connectivity index (χ4n) is 6.53. The van der Waals surface area contributed by atoms with Gasteiger partial charge in [0.2, 0.25) is 0 Å². The van der Waals surface area contributed by atoms with E-state index >= 15 is 8.78 Å². The third-order valence-corrected chi connectivity index (χ3v) is 8.89. The van der Waals surface area contributed by atoms with Crippen molar-refractivity contribution in [2.24, 2.45) is 22.7 Å². The number of hydrogen-bond acceptors (Lipinski definition) is 6. The van der Waals surface area contributed by atoms with E-state index in [9.17, 15) is 15.2 Å². The topological polar surface area (TPSA) is 92.4 Å². The smallest absolute Gasteiger partial charge is 0.316 e. The Morgan fingerprint density at radius 2 is 1.92 bits per heavy atom. The molecule has 36 heavy (non-hydrogen) atoms. The minimum Gasteiger partial charge on any atom is -0.462 e. The average Bonchev–Trinajstić information content (AvgIpc) is 3.03. The van der Waals surface area contributed by atoms with E-state index in [1.54, 1.807) is 50.4 Å². The summed E-state index contributed by atoms with van der Waals surface area (Å²) >= 11 is 0. The summed E-state index contributed by atoms with van der Waals surface area (Å²) in [6.07, 6.45) is 3.53. The number of aliphatic hydroxyl groups is 1. The van der Waals surface area contributed by atoms with Gasteiger partial charge in [-0.1, -0.05) is 44.2 Å². The molecule has 2 saturated heterocycles. The molecule has 0 bridgehead atoms. The van der Waals surface area contributed by atoms with E-state index in [0.717, 1.165) is 11.1 Å². The number of carbonyl (C=O) groups is 1. The summed E-state index contributed by atoms with van der Waals surface area (Å²) in [4.78, 5) is 17.7. The van der Waals surface area contributed by atoms with E-state index in [1.807, 2.05) is 18.2 Å². The van der Waals surface area contributed by atoms with Crippen LogP contribution in [0.1, 0.15) is 38.4 Å². The Morgan fingerprint density at radius 3 is 2.53 bits per heavy atom. The highest BCUT2D eigenvalue weighted by atomic mass is 19.3. The number of aromatic nitrogens is 1. The molecule has 1 N–H and O–H groups in total. The van der Waals surface area contributed by atoms with Gasteiger partial charge >= 0.3 is 5.97 Å². The number of hydrogen-bond donors (Lipinski definition) is 1. The van der Waals surface area contributed by atoms with Crippen molar-refractivity contribution in [3.8, 4) is 17.2 Å². The number of carbonyl (C=O) groups excluding carboxylic acids is 1. The first-order chi connectivity index (χ1) is 17.0. The van der Waals surface area contributed by atoms with Crippen LogP contribution in [0.15, 0.2) is 48.7 Å². The standard InChI is InChI=1S/C28H28F2N2O4/c1-17-23(11-10-21-9-8-20(13-32-21)22-7-5-4-6-19(22)12-31)25(3)18(2)36-24(33)27(25,14-28(17,29)30)26(34)15-35-16-26/h4-11,13,17-18,23,34H,14-16H2,1-3H3. The maximum atomic E-state index is 15.5. The number of benzene rings is 1. The van der Waals surface area contributed by atoms with Crippen LogP contribution in [0.2, 0.25) is 0 Å². The highest BCUT2D eigenvalue weighted by molar-refractivity contribution is 5.83. The lowest BCUT2D eigenvalue weighted by Gasteiger charge is -2.61. The minimum absolute atomic E-state index is 0.182. The van der Waals surface area contributed by atoms with Gasteiger partial charge in [-0.15, -0.1) is 0 Å². The molecular weight excluding hydrogens is 466 g/mol. The van der Waals surface area contributed by atoms with Gasteiger partial charge in [0.1, 0.15) is 17.1 Å². The fourth-order valence-corrected chi connectivity index (χ4v) is 6.53. The number of fused-ring (bicyclic) bond motifs is 1. The largest absolute Gasteiger partial charge is 0.462 e. The maximum absolute atomic E-state index is 15.5. The Labute approximate surface area is 208 Å². The second kappa shape index (κ2) is 8.19. The Morgan fingerprint density at radius 1 is 1.19 bits per heavy atom. The fraction of sp³-hybridized carbons (Fsp3) is 0.464. The van der Waals surface area contributed by atoms with Crippen molar-refractivity contribution in [2.75, 3.05) is 13.2 Å².